The van der Waals surface area contributed by atoms with Crippen LogP contribution in [0.1, 0.15) is 45.2 Å². The van der Waals surface area contributed by atoms with E-state index in [0.717, 1.165) is 11.3 Å². The third kappa shape index (κ3) is 4.59. The number of amidine groups is 1. The summed E-state index contributed by atoms with van der Waals surface area (Å²) in [5.74, 6) is -0.590. The molecule has 1 amide bonds. The van der Waals surface area contributed by atoms with Crippen molar-refractivity contribution in [3.63, 3.8) is 0 Å². The Morgan fingerprint density at radius 3 is 2.60 bits per heavy atom. The number of nitrogens with one attached hydrogen (secondary N) is 1. The number of rotatable bonds is 7. The van der Waals surface area contributed by atoms with Crippen LogP contribution in [0.5, 0.6) is 0 Å². The summed E-state index contributed by atoms with van der Waals surface area (Å²) >= 11 is 1.42. The highest BCUT2D eigenvalue weighted by molar-refractivity contribution is 8.16. The minimum Gasteiger partial charge on any atom is -0.466 e. The molecule has 1 aromatic carbocycles. The lowest BCUT2D eigenvalue weighted by Crippen LogP contribution is -2.38. The van der Waals surface area contributed by atoms with Gasteiger partial charge in [0, 0.05) is 12.2 Å². The Bertz CT molecular complexity index is 922. The summed E-state index contributed by atoms with van der Waals surface area (Å²) in [4.78, 5) is 31.8. The first kappa shape index (κ1) is 22.1. The molecule has 1 N–H and O–H groups in total. The van der Waals surface area contributed by atoms with E-state index in [9.17, 15) is 14.0 Å². The lowest BCUT2D eigenvalue weighted by atomic mass is 9.93. The molecule has 0 fully saturated rings. The smallest absolute Gasteiger partial charge is 0.338 e. The van der Waals surface area contributed by atoms with Crippen molar-refractivity contribution in [3.05, 3.63) is 58.0 Å². The maximum absolute atomic E-state index is 13.6. The molecule has 0 aromatic heterocycles. The van der Waals surface area contributed by atoms with Gasteiger partial charge in [-0.15, -0.1) is 0 Å². The van der Waals surface area contributed by atoms with Crippen LogP contribution in [0.3, 0.4) is 0 Å². The van der Waals surface area contributed by atoms with Crippen LogP contribution in [0.15, 0.2) is 51.6 Å². The molecule has 2 aliphatic rings. The molecule has 1 atom stereocenters. The fraction of sp³-hybridized carbons (Fsp3) is 0.409. The van der Waals surface area contributed by atoms with E-state index in [0.29, 0.717) is 35.3 Å². The van der Waals surface area contributed by atoms with E-state index in [2.05, 4.69) is 10.3 Å². The molecule has 3 rings (SSSR count). The van der Waals surface area contributed by atoms with E-state index >= 15 is 0 Å². The van der Waals surface area contributed by atoms with Crippen LogP contribution in [0.2, 0.25) is 0 Å². The Kier molecular flexibility index (Phi) is 6.97. The zero-order chi connectivity index (χ0) is 21.8. The van der Waals surface area contributed by atoms with Crippen LogP contribution >= 0.6 is 11.8 Å². The number of halogens is 1. The van der Waals surface area contributed by atoms with Gasteiger partial charge in [-0.3, -0.25) is 4.79 Å². The average Bonchev–Trinajstić information content (AvgIpc) is 3.13. The minimum absolute atomic E-state index is 0.0976. The summed E-state index contributed by atoms with van der Waals surface area (Å²) in [5.41, 5.74) is 2.51. The molecule has 0 saturated carbocycles. The number of methoxy groups -OCH3 is 1. The van der Waals surface area contributed by atoms with Crippen LogP contribution in [0.25, 0.3) is 0 Å². The fourth-order valence-corrected chi connectivity index (χ4v) is 4.36. The molecule has 0 aliphatic carbocycles. The van der Waals surface area contributed by atoms with E-state index < -0.39 is 12.0 Å². The Labute approximate surface area is 180 Å². The number of aliphatic imine (C=N–C) groups is 1. The van der Waals surface area contributed by atoms with E-state index in [-0.39, 0.29) is 18.1 Å². The van der Waals surface area contributed by atoms with Crippen LogP contribution < -0.4 is 5.32 Å². The summed E-state index contributed by atoms with van der Waals surface area (Å²) in [6, 6.07) is 5.49. The Morgan fingerprint density at radius 2 is 2.00 bits per heavy atom. The number of carbonyl (C=O) groups is 2. The first-order valence-electron chi connectivity index (χ1n) is 9.92. The van der Waals surface area contributed by atoms with Gasteiger partial charge in [0.05, 0.1) is 30.8 Å². The number of benzene rings is 1. The third-order valence-corrected chi connectivity index (χ3v) is 5.75. The van der Waals surface area contributed by atoms with Gasteiger partial charge in [-0.25, -0.2) is 14.2 Å². The van der Waals surface area contributed by atoms with Gasteiger partial charge in [-0.05, 0) is 35.4 Å². The molecule has 0 bridgehead atoms. The van der Waals surface area contributed by atoms with Gasteiger partial charge in [-0.1, -0.05) is 44.7 Å². The monoisotopic (exact) mass is 431 g/mol. The molecule has 1 aromatic rings. The quantitative estimate of drug-likeness (QED) is 0.658. The molecule has 2 aliphatic heterocycles. The van der Waals surface area contributed by atoms with Crippen molar-refractivity contribution < 1.29 is 18.7 Å². The number of fused-ring (bicyclic) bond motifs is 1. The lowest BCUT2D eigenvalue weighted by Gasteiger charge is -2.36. The minimum atomic E-state index is -0.542. The van der Waals surface area contributed by atoms with Crippen molar-refractivity contribution in [1.82, 2.24) is 10.2 Å². The largest absolute Gasteiger partial charge is 0.466 e. The van der Waals surface area contributed by atoms with E-state index in [1.807, 2.05) is 31.1 Å². The van der Waals surface area contributed by atoms with Gasteiger partial charge >= 0.3 is 5.97 Å². The topological polar surface area (TPSA) is 71.0 Å². The van der Waals surface area contributed by atoms with Gasteiger partial charge in [0.1, 0.15) is 5.82 Å². The van der Waals surface area contributed by atoms with Crippen molar-refractivity contribution in [2.24, 2.45) is 10.9 Å². The zero-order valence-electron chi connectivity index (χ0n) is 17.6. The first-order chi connectivity index (χ1) is 14.3. The SMILES string of the molecule is CCC1=C(C(=O)OC)C(c2ccc(F)cc2)N2C(CC(=O)NCC(C)C)=CSC2=N1. The molecule has 0 saturated heterocycles. The summed E-state index contributed by atoms with van der Waals surface area (Å²) in [6.07, 6.45) is 0.705. The number of nitrogens with zero attached hydrogens (tertiary/aromatic N) is 2. The number of amides is 1. The van der Waals surface area contributed by atoms with Crippen LogP contribution in [0.4, 0.5) is 4.39 Å². The summed E-state index contributed by atoms with van der Waals surface area (Å²) in [5, 5.41) is 5.50. The van der Waals surface area contributed by atoms with Crippen LogP contribution in [-0.2, 0) is 14.3 Å². The van der Waals surface area contributed by atoms with Crippen LogP contribution in [-0.4, -0.2) is 35.6 Å². The number of hydrogen-bond acceptors (Lipinski definition) is 6. The molecular weight excluding hydrogens is 405 g/mol. The Morgan fingerprint density at radius 1 is 1.30 bits per heavy atom. The number of esters is 1. The number of carbonyl (C=O) groups excluding carboxylic acids is 2. The van der Waals surface area contributed by atoms with Crippen LogP contribution in [0, 0.1) is 11.7 Å². The highest BCUT2D eigenvalue weighted by Gasteiger charge is 2.41. The van der Waals surface area contributed by atoms with Crippen molar-refractivity contribution in [2.45, 2.75) is 39.7 Å². The van der Waals surface area contributed by atoms with E-state index in [1.165, 1.54) is 31.0 Å². The maximum Gasteiger partial charge on any atom is 0.338 e. The van der Waals surface area contributed by atoms with Gasteiger partial charge < -0.3 is 15.0 Å². The maximum atomic E-state index is 13.6. The van der Waals surface area contributed by atoms with Gasteiger partial charge in [0.25, 0.3) is 0 Å². The molecule has 0 spiro atoms. The van der Waals surface area contributed by atoms with Crippen molar-refractivity contribution in [1.29, 1.82) is 0 Å². The van der Waals surface area contributed by atoms with E-state index in [4.69, 9.17) is 4.74 Å². The molecule has 6 nitrogen and oxygen atoms in total. The molecule has 2 heterocycles. The molecule has 8 heteroatoms. The Hall–Kier alpha value is -2.61. The van der Waals surface area contributed by atoms with Crippen molar-refractivity contribution >= 4 is 28.8 Å². The summed E-state index contributed by atoms with van der Waals surface area (Å²) in [6.45, 7) is 6.58. The number of ether oxygens (including phenoxy) is 1. The molecule has 160 valence electrons. The second-order valence-corrected chi connectivity index (χ2v) is 8.36. The van der Waals surface area contributed by atoms with Crippen molar-refractivity contribution in [3.8, 4) is 0 Å². The summed E-state index contributed by atoms with van der Waals surface area (Å²) in [7, 11) is 1.33. The second-order valence-electron chi connectivity index (χ2n) is 7.53. The molecular formula is C22H26FN3O3S. The molecule has 0 radical (unpaired) electrons. The first-order valence-corrected chi connectivity index (χ1v) is 10.8. The standard InChI is InChI=1S/C22H26FN3O3S/c1-5-17-19(21(28)29-4)20(14-6-8-15(23)9-7-14)26-16(12-30-22(26)25-17)10-18(27)24-11-13(2)3/h6-9,12-13,20H,5,10-11H2,1-4H3,(H,24,27). The van der Waals surface area contributed by atoms with Gasteiger partial charge in [0.2, 0.25) is 5.91 Å². The zero-order valence-corrected chi connectivity index (χ0v) is 18.4. The van der Waals surface area contributed by atoms with E-state index in [1.54, 1.807) is 12.1 Å². The fourth-order valence-electron chi connectivity index (χ4n) is 3.42. The highest BCUT2D eigenvalue weighted by atomic mass is 32.2. The predicted octanol–water partition coefficient (Wildman–Crippen LogP) is 4.13. The number of thioether (sulfide) groups is 1. The van der Waals surface area contributed by atoms with Gasteiger partial charge in [-0.2, -0.15) is 0 Å². The average molecular weight is 432 g/mol. The van der Waals surface area contributed by atoms with Crippen molar-refractivity contribution in [2.75, 3.05) is 13.7 Å². The summed E-state index contributed by atoms with van der Waals surface area (Å²) < 4.78 is 18.6. The number of hydrogen-bond donors (Lipinski definition) is 1. The number of allylic oxidation sites excluding steroid dienone is 1. The predicted molar refractivity (Wildman–Crippen MR) is 116 cm³/mol. The lowest BCUT2D eigenvalue weighted by molar-refractivity contribution is -0.136. The third-order valence-electron chi connectivity index (χ3n) is 4.86. The normalized spacial score (nSPS) is 18.2. The molecule has 30 heavy (non-hydrogen) atoms. The molecule has 1 unspecified atom stereocenters. The highest BCUT2D eigenvalue weighted by Crippen LogP contribution is 2.45. The second kappa shape index (κ2) is 9.47. The Balaban J connectivity index is 2.00. The van der Waals surface area contributed by atoms with Gasteiger partial charge in [0.15, 0.2) is 5.17 Å².